The van der Waals surface area contributed by atoms with Gasteiger partial charge in [0.25, 0.3) is 0 Å². The predicted octanol–water partition coefficient (Wildman–Crippen LogP) is 23.3. The zero-order chi connectivity index (χ0) is 71.2. The van der Waals surface area contributed by atoms with E-state index >= 15 is 0 Å². The van der Waals surface area contributed by atoms with Gasteiger partial charge < -0.3 is 33.8 Å². The van der Waals surface area contributed by atoms with Crippen molar-refractivity contribution < 1.29 is 80.2 Å². The molecule has 0 aromatic rings. The summed E-state index contributed by atoms with van der Waals surface area (Å²) in [6.07, 6.45) is 60.9. The van der Waals surface area contributed by atoms with Gasteiger partial charge in [0.2, 0.25) is 0 Å². The molecule has 0 aromatic heterocycles. The molecular formula is C78H152O17P2. The monoisotopic (exact) mass is 1420 g/mol. The number of aliphatic hydroxyl groups excluding tert-OH is 1. The standard InChI is InChI=1S/C78H152O17P2/c1-6-9-12-15-18-21-24-27-28-29-30-31-34-37-44-49-54-59-64-78(83)95-74(68-89-76(81)62-57-52-47-42-39-38-40-45-50-55-60-71(4)5)70-93-97(86,87)91-66-72(79)65-90-96(84,85)92-69-73(94-77(82)63-58-53-48-43-36-33-26-23-20-17-14-11-8-3)67-88-75(80)61-56-51-46-41-35-32-25-22-19-16-13-10-7-2/h71-74,79H,6-70H2,1-5H3,(H,84,85)(H,86,87)/t72-,73+,74+/m0/s1. The minimum Gasteiger partial charge on any atom is -0.462 e. The fourth-order valence-electron chi connectivity index (χ4n) is 12.1. The number of ether oxygens (including phenoxy) is 4. The Morgan fingerprint density at radius 2 is 0.474 bits per heavy atom. The van der Waals surface area contributed by atoms with E-state index in [1.165, 1.54) is 238 Å². The number of aliphatic hydroxyl groups is 1. The summed E-state index contributed by atoms with van der Waals surface area (Å²) in [5.41, 5.74) is 0. The molecule has 0 saturated carbocycles. The fraction of sp³-hybridized carbons (Fsp3) is 0.949. The van der Waals surface area contributed by atoms with Crippen LogP contribution in [0.5, 0.6) is 0 Å². The van der Waals surface area contributed by atoms with E-state index in [0.29, 0.717) is 25.7 Å². The van der Waals surface area contributed by atoms with E-state index in [9.17, 15) is 43.2 Å². The molecule has 97 heavy (non-hydrogen) atoms. The number of carbonyl (C=O) groups is 4. The number of rotatable bonds is 78. The summed E-state index contributed by atoms with van der Waals surface area (Å²) >= 11 is 0. The van der Waals surface area contributed by atoms with Crippen LogP contribution < -0.4 is 0 Å². The maximum absolute atomic E-state index is 13.1. The van der Waals surface area contributed by atoms with Crippen molar-refractivity contribution in [2.75, 3.05) is 39.6 Å². The highest BCUT2D eigenvalue weighted by Crippen LogP contribution is 2.45. The van der Waals surface area contributed by atoms with Gasteiger partial charge in [0.05, 0.1) is 26.4 Å². The highest BCUT2D eigenvalue weighted by Gasteiger charge is 2.30. The van der Waals surface area contributed by atoms with Crippen LogP contribution in [0.15, 0.2) is 0 Å². The lowest BCUT2D eigenvalue weighted by molar-refractivity contribution is -0.161. The summed E-state index contributed by atoms with van der Waals surface area (Å²) in [5, 5.41) is 10.6. The van der Waals surface area contributed by atoms with E-state index in [-0.39, 0.29) is 25.7 Å². The molecule has 5 atom stereocenters. The summed E-state index contributed by atoms with van der Waals surface area (Å²) < 4.78 is 68.6. The van der Waals surface area contributed by atoms with Gasteiger partial charge in [-0.05, 0) is 31.6 Å². The maximum atomic E-state index is 13.1. The molecule has 0 amide bonds. The molecule has 19 heteroatoms. The predicted molar refractivity (Wildman–Crippen MR) is 395 cm³/mol. The molecule has 3 N–H and O–H groups in total. The molecule has 0 radical (unpaired) electrons. The average molecular weight is 1420 g/mol. The van der Waals surface area contributed by atoms with Crippen molar-refractivity contribution in [3.63, 3.8) is 0 Å². The Kier molecular flexibility index (Phi) is 69.6. The number of hydrogen-bond donors (Lipinski definition) is 3. The second kappa shape index (κ2) is 71.1. The number of esters is 4. The first-order valence-corrected chi connectivity index (χ1v) is 43.6. The highest BCUT2D eigenvalue weighted by atomic mass is 31.2. The molecule has 0 bridgehead atoms. The van der Waals surface area contributed by atoms with Crippen LogP contribution in [0.25, 0.3) is 0 Å². The van der Waals surface area contributed by atoms with Crippen molar-refractivity contribution in [3.05, 3.63) is 0 Å². The van der Waals surface area contributed by atoms with E-state index < -0.39 is 97.5 Å². The molecule has 17 nitrogen and oxygen atoms in total. The van der Waals surface area contributed by atoms with Crippen LogP contribution in [-0.2, 0) is 65.4 Å². The molecule has 0 aliphatic heterocycles. The van der Waals surface area contributed by atoms with Gasteiger partial charge >= 0.3 is 39.5 Å². The van der Waals surface area contributed by atoms with Gasteiger partial charge in [0.1, 0.15) is 19.3 Å². The topological polar surface area (TPSA) is 237 Å². The van der Waals surface area contributed by atoms with Crippen LogP contribution in [-0.4, -0.2) is 96.7 Å². The van der Waals surface area contributed by atoms with Crippen LogP contribution in [0.3, 0.4) is 0 Å². The lowest BCUT2D eigenvalue weighted by Gasteiger charge is -2.21. The molecular weight excluding hydrogens is 1270 g/mol. The summed E-state index contributed by atoms with van der Waals surface area (Å²) in [5.74, 6) is -1.35. The molecule has 2 unspecified atom stereocenters. The number of carbonyl (C=O) groups excluding carboxylic acids is 4. The summed E-state index contributed by atoms with van der Waals surface area (Å²) in [4.78, 5) is 72.9. The quantitative estimate of drug-likeness (QED) is 0.0222. The molecule has 0 heterocycles. The van der Waals surface area contributed by atoms with Crippen molar-refractivity contribution in [1.82, 2.24) is 0 Å². The van der Waals surface area contributed by atoms with E-state index in [2.05, 4.69) is 34.6 Å². The minimum absolute atomic E-state index is 0.108. The van der Waals surface area contributed by atoms with Gasteiger partial charge in [0.15, 0.2) is 12.2 Å². The summed E-state index contributed by atoms with van der Waals surface area (Å²) in [6.45, 7) is 7.31. The summed E-state index contributed by atoms with van der Waals surface area (Å²) in [7, 11) is -9.91. The van der Waals surface area contributed by atoms with Crippen molar-refractivity contribution >= 4 is 39.5 Å². The minimum atomic E-state index is -4.96. The Morgan fingerprint density at radius 3 is 0.701 bits per heavy atom. The molecule has 0 aliphatic rings. The zero-order valence-electron chi connectivity index (χ0n) is 63.2. The molecule has 0 fully saturated rings. The molecule has 0 saturated heterocycles. The average Bonchev–Trinajstić information content (AvgIpc) is 2.84. The molecule has 0 rings (SSSR count). The van der Waals surface area contributed by atoms with Gasteiger partial charge in [-0.25, -0.2) is 9.13 Å². The SMILES string of the molecule is CCCCCCCCCCCCCCCCCCCCC(=O)O[C@H](COC(=O)CCCCCCCCCCCCC(C)C)COP(=O)(O)OC[C@@H](O)COP(=O)(O)OC[C@@H](COC(=O)CCCCCCCCCCCCCCC)OC(=O)CCCCCCCCCCCCCCC. The van der Waals surface area contributed by atoms with E-state index in [1.807, 2.05) is 0 Å². The van der Waals surface area contributed by atoms with Gasteiger partial charge in [-0.2, -0.15) is 0 Å². The van der Waals surface area contributed by atoms with Gasteiger partial charge in [0, 0.05) is 25.7 Å². The van der Waals surface area contributed by atoms with Crippen molar-refractivity contribution in [2.24, 2.45) is 5.92 Å². The maximum Gasteiger partial charge on any atom is 0.472 e. The highest BCUT2D eigenvalue weighted by molar-refractivity contribution is 7.47. The third-order valence-electron chi connectivity index (χ3n) is 18.3. The Hall–Kier alpha value is -1.94. The van der Waals surface area contributed by atoms with E-state index in [4.69, 9.17) is 37.0 Å². The number of phosphoric ester groups is 2. The van der Waals surface area contributed by atoms with Crippen molar-refractivity contribution in [2.45, 2.75) is 432 Å². The zero-order valence-corrected chi connectivity index (χ0v) is 65.0. The number of phosphoric acid groups is 2. The van der Waals surface area contributed by atoms with Gasteiger partial charge in [-0.3, -0.25) is 37.3 Å². The number of unbranched alkanes of at least 4 members (excludes halogenated alkanes) is 50. The Balaban J connectivity index is 5.25. The first-order valence-electron chi connectivity index (χ1n) is 40.6. The Morgan fingerprint density at radius 1 is 0.278 bits per heavy atom. The second-order valence-corrected chi connectivity index (χ2v) is 31.5. The largest absolute Gasteiger partial charge is 0.472 e. The van der Waals surface area contributed by atoms with Crippen molar-refractivity contribution in [3.8, 4) is 0 Å². The summed E-state index contributed by atoms with van der Waals surface area (Å²) in [6, 6.07) is 0. The van der Waals surface area contributed by atoms with Crippen LogP contribution in [0, 0.1) is 5.92 Å². The second-order valence-electron chi connectivity index (χ2n) is 28.6. The molecule has 0 spiro atoms. The smallest absolute Gasteiger partial charge is 0.462 e. The molecule has 0 aromatic carbocycles. The molecule has 0 aliphatic carbocycles. The number of hydrogen-bond acceptors (Lipinski definition) is 15. The van der Waals surface area contributed by atoms with Crippen LogP contribution in [0.4, 0.5) is 0 Å². The van der Waals surface area contributed by atoms with Crippen molar-refractivity contribution in [1.29, 1.82) is 0 Å². The molecule has 576 valence electrons. The fourth-order valence-corrected chi connectivity index (χ4v) is 13.6. The van der Waals surface area contributed by atoms with E-state index in [1.54, 1.807) is 0 Å². The Bertz CT molecular complexity index is 1860. The first kappa shape index (κ1) is 95.1. The van der Waals surface area contributed by atoms with Crippen LogP contribution >= 0.6 is 15.6 Å². The van der Waals surface area contributed by atoms with E-state index in [0.717, 1.165) is 95.8 Å². The first-order chi connectivity index (χ1) is 47.0. The Labute approximate surface area is 594 Å². The van der Waals surface area contributed by atoms with Gasteiger partial charge in [-0.15, -0.1) is 0 Å². The third kappa shape index (κ3) is 72.2. The third-order valence-corrected chi connectivity index (χ3v) is 20.2. The van der Waals surface area contributed by atoms with Crippen LogP contribution in [0.2, 0.25) is 0 Å². The van der Waals surface area contributed by atoms with Crippen LogP contribution in [0.1, 0.15) is 413 Å². The lowest BCUT2D eigenvalue weighted by atomic mass is 10.0. The van der Waals surface area contributed by atoms with Gasteiger partial charge in [-0.1, -0.05) is 362 Å². The lowest BCUT2D eigenvalue weighted by Crippen LogP contribution is -2.30. The normalized spacial score (nSPS) is 13.9.